The number of aryl methyl sites for hydroxylation is 2. The predicted octanol–water partition coefficient (Wildman–Crippen LogP) is 2.06. The van der Waals surface area contributed by atoms with Crippen LogP contribution in [0.5, 0.6) is 0 Å². The fourth-order valence-electron chi connectivity index (χ4n) is 6.29. The summed E-state index contributed by atoms with van der Waals surface area (Å²) < 4.78 is 12.0. The molecule has 1 N–H and O–H groups in total. The number of likely N-dealkylation sites (tertiary alicyclic amines) is 1. The highest BCUT2D eigenvalue weighted by molar-refractivity contribution is 6.06. The molecule has 5 rings (SSSR count). The molecule has 8 heteroatoms. The Morgan fingerprint density at radius 1 is 1.14 bits per heavy atom. The number of hydrogen-bond acceptors (Lipinski definition) is 6. The van der Waals surface area contributed by atoms with Crippen LogP contribution in [0, 0.1) is 25.7 Å². The maximum atomic E-state index is 14.4. The van der Waals surface area contributed by atoms with Gasteiger partial charge in [0.2, 0.25) is 5.91 Å². The van der Waals surface area contributed by atoms with Crippen LogP contribution in [0.2, 0.25) is 0 Å². The molecule has 2 amide bonds. The van der Waals surface area contributed by atoms with Gasteiger partial charge in [-0.1, -0.05) is 49.4 Å². The van der Waals surface area contributed by atoms with Crippen LogP contribution in [0.3, 0.4) is 0 Å². The number of hydrogen-bond donors (Lipinski definition) is 1. The topological polar surface area (TPSA) is 96.4 Å². The molecule has 0 aromatic heterocycles. The summed E-state index contributed by atoms with van der Waals surface area (Å²) in [6, 6.07) is 4.27. The maximum absolute atomic E-state index is 14.4. The molecule has 0 saturated carbocycles. The SMILES string of the molecule is CC[C@@H](CO)N1C(=O)[C@@H]2[C@H]3C(=O)OCCC=C[C@H]3O[C@@]23C=CCN(c2c(C)cccc2C)C(=O)C13. The molecular formula is C27H32N2O6. The molecule has 1 spiro atoms. The van der Waals surface area contributed by atoms with Crippen LogP contribution in [0.4, 0.5) is 5.69 Å². The lowest BCUT2D eigenvalue weighted by Crippen LogP contribution is -2.58. The number of aliphatic hydroxyl groups is 1. The second-order valence-corrected chi connectivity index (χ2v) is 9.81. The number of cyclic esters (lactones) is 1. The predicted molar refractivity (Wildman–Crippen MR) is 129 cm³/mol. The minimum Gasteiger partial charge on any atom is -0.465 e. The number of carbonyl (C=O) groups is 3. The molecule has 0 radical (unpaired) electrons. The largest absolute Gasteiger partial charge is 0.465 e. The third-order valence-electron chi connectivity index (χ3n) is 7.84. The van der Waals surface area contributed by atoms with Crippen LogP contribution >= 0.6 is 0 Å². The molecule has 4 heterocycles. The van der Waals surface area contributed by atoms with Crippen molar-refractivity contribution in [3.8, 4) is 0 Å². The first-order valence-electron chi connectivity index (χ1n) is 12.3. The van der Waals surface area contributed by atoms with E-state index in [1.165, 1.54) is 4.90 Å². The van der Waals surface area contributed by atoms with Crippen molar-refractivity contribution in [2.45, 2.75) is 57.4 Å². The zero-order valence-corrected chi connectivity index (χ0v) is 20.3. The van der Waals surface area contributed by atoms with E-state index in [0.717, 1.165) is 16.8 Å². The van der Waals surface area contributed by atoms with E-state index in [1.807, 2.05) is 63.3 Å². The molecule has 0 bridgehead atoms. The number of anilines is 1. The summed E-state index contributed by atoms with van der Waals surface area (Å²) in [5, 5.41) is 10.2. The van der Waals surface area contributed by atoms with Crippen molar-refractivity contribution in [3.63, 3.8) is 0 Å². The van der Waals surface area contributed by atoms with Gasteiger partial charge in [0, 0.05) is 12.2 Å². The van der Waals surface area contributed by atoms with Gasteiger partial charge in [0.15, 0.2) is 0 Å². The van der Waals surface area contributed by atoms with Gasteiger partial charge in [-0.25, -0.2) is 0 Å². The van der Waals surface area contributed by atoms with Crippen molar-refractivity contribution >= 4 is 23.5 Å². The van der Waals surface area contributed by atoms with E-state index in [4.69, 9.17) is 9.47 Å². The first-order valence-corrected chi connectivity index (χ1v) is 12.3. The molecule has 0 aliphatic carbocycles. The van der Waals surface area contributed by atoms with Gasteiger partial charge in [-0.3, -0.25) is 14.4 Å². The van der Waals surface area contributed by atoms with E-state index in [1.54, 1.807) is 4.90 Å². The highest BCUT2D eigenvalue weighted by atomic mass is 16.6. The van der Waals surface area contributed by atoms with Crippen LogP contribution in [0.1, 0.15) is 30.9 Å². The number of ether oxygens (including phenoxy) is 2. The van der Waals surface area contributed by atoms with Crippen molar-refractivity contribution < 1.29 is 29.0 Å². The zero-order valence-electron chi connectivity index (χ0n) is 20.3. The molecule has 2 fully saturated rings. The smallest absolute Gasteiger partial charge is 0.312 e. The zero-order chi connectivity index (χ0) is 24.9. The lowest BCUT2D eigenvalue weighted by Gasteiger charge is -2.38. The van der Waals surface area contributed by atoms with Crippen molar-refractivity contribution in [2.75, 3.05) is 24.7 Å². The Hall–Kier alpha value is -2.97. The minimum atomic E-state index is -1.33. The summed E-state index contributed by atoms with van der Waals surface area (Å²) in [7, 11) is 0. The Balaban J connectivity index is 1.68. The standard InChI is InChI=1S/C27H32N2O6/c1-4-18(15-30)29-23-25(32)28(22-16(2)9-7-10-17(22)3)13-8-12-27(23)21(24(29)31)20-19(35-27)11-5-6-14-34-26(20)33/h5,7-12,18-21,23,30H,4,6,13-15H2,1-3H3/t18-,19+,20-,21-,23?,27-/m0/s1. The van der Waals surface area contributed by atoms with E-state index >= 15 is 0 Å². The summed E-state index contributed by atoms with van der Waals surface area (Å²) in [5.41, 5.74) is 1.37. The van der Waals surface area contributed by atoms with Crippen molar-refractivity contribution in [1.82, 2.24) is 4.90 Å². The van der Waals surface area contributed by atoms with Gasteiger partial charge < -0.3 is 24.4 Å². The van der Waals surface area contributed by atoms with Crippen molar-refractivity contribution in [1.29, 1.82) is 0 Å². The molecule has 1 aromatic carbocycles. The number of fused-ring (bicyclic) bond motifs is 2. The number of aliphatic hydroxyl groups excluding tert-OH is 1. The van der Waals surface area contributed by atoms with Gasteiger partial charge in [0.05, 0.1) is 31.3 Å². The van der Waals surface area contributed by atoms with Crippen LogP contribution in [0.15, 0.2) is 42.5 Å². The fourth-order valence-corrected chi connectivity index (χ4v) is 6.29. The number of nitrogens with zero attached hydrogens (tertiary/aromatic N) is 2. The second kappa shape index (κ2) is 8.91. The molecule has 35 heavy (non-hydrogen) atoms. The summed E-state index contributed by atoms with van der Waals surface area (Å²) in [5.74, 6) is -2.88. The van der Waals surface area contributed by atoms with Gasteiger partial charge >= 0.3 is 5.97 Å². The quantitative estimate of drug-likeness (QED) is 0.524. The Kier molecular flexibility index (Phi) is 6.05. The molecule has 1 aromatic rings. The summed E-state index contributed by atoms with van der Waals surface area (Å²) >= 11 is 0. The molecule has 4 aliphatic rings. The Morgan fingerprint density at radius 3 is 2.57 bits per heavy atom. The Morgan fingerprint density at radius 2 is 1.89 bits per heavy atom. The van der Waals surface area contributed by atoms with E-state index in [9.17, 15) is 19.5 Å². The van der Waals surface area contributed by atoms with E-state index in [0.29, 0.717) is 19.4 Å². The third-order valence-corrected chi connectivity index (χ3v) is 7.84. The van der Waals surface area contributed by atoms with Crippen LogP contribution < -0.4 is 4.90 Å². The van der Waals surface area contributed by atoms with Gasteiger partial charge in [0.1, 0.15) is 17.6 Å². The van der Waals surface area contributed by atoms with Gasteiger partial charge in [-0.2, -0.15) is 0 Å². The average Bonchev–Trinajstić information content (AvgIpc) is 3.20. The molecule has 1 unspecified atom stereocenters. The highest BCUT2D eigenvalue weighted by Crippen LogP contribution is 2.54. The normalized spacial score (nSPS) is 33.0. The molecule has 6 atom stereocenters. The number of esters is 1. The lowest BCUT2D eigenvalue weighted by molar-refractivity contribution is -0.155. The third kappa shape index (κ3) is 3.45. The van der Waals surface area contributed by atoms with Gasteiger partial charge in [-0.05, 0) is 37.8 Å². The number of amides is 2. The number of carbonyl (C=O) groups excluding carboxylic acids is 3. The summed E-state index contributed by atoms with van der Waals surface area (Å²) in [6.45, 7) is 6.04. The Bertz CT molecular complexity index is 1090. The molecule has 2 saturated heterocycles. The fraction of sp³-hybridized carbons (Fsp3) is 0.519. The summed E-state index contributed by atoms with van der Waals surface area (Å²) in [6.07, 6.45) is 7.75. The highest BCUT2D eigenvalue weighted by Gasteiger charge is 2.72. The van der Waals surface area contributed by atoms with Crippen molar-refractivity contribution in [3.05, 3.63) is 53.6 Å². The molecule has 8 nitrogen and oxygen atoms in total. The Labute approximate surface area is 205 Å². The van der Waals surface area contributed by atoms with Gasteiger partial charge in [-0.15, -0.1) is 0 Å². The van der Waals surface area contributed by atoms with E-state index in [2.05, 4.69) is 0 Å². The first-order chi connectivity index (χ1) is 16.9. The number of benzene rings is 1. The van der Waals surface area contributed by atoms with E-state index < -0.39 is 41.6 Å². The molecule has 4 aliphatic heterocycles. The van der Waals surface area contributed by atoms with Crippen LogP contribution in [-0.4, -0.2) is 71.3 Å². The second-order valence-electron chi connectivity index (χ2n) is 9.81. The summed E-state index contributed by atoms with van der Waals surface area (Å²) in [4.78, 5) is 44.7. The minimum absolute atomic E-state index is 0.239. The number of para-hydroxylation sites is 1. The average molecular weight is 481 g/mol. The van der Waals surface area contributed by atoms with E-state index in [-0.39, 0.29) is 25.0 Å². The molecular weight excluding hydrogens is 448 g/mol. The van der Waals surface area contributed by atoms with Gasteiger partial charge in [0.25, 0.3) is 5.91 Å². The number of rotatable bonds is 4. The van der Waals surface area contributed by atoms with Crippen LogP contribution in [0.25, 0.3) is 0 Å². The monoisotopic (exact) mass is 480 g/mol. The van der Waals surface area contributed by atoms with Crippen molar-refractivity contribution in [2.24, 2.45) is 11.8 Å². The lowest BCUT2D eigenvalue weighted by atomic mass is 9.77. The van der Waals surface area contributed by atoms with Crippen LogP contribution in [-0.2, 0) is 23.9 Å². The first kappa shape index (κ1) is 23.8. The maximum Gasteiger partial charge on any atom is 0.312 e. The molecule has 186 valence electrons.